The molecule has 0 aliphatic heterocycles. The fraction of sp³-hybridized carbons (Fsp3) is 0.176. The van der Waals surface area contributed by atoms with Crippen LogP contribution in [0.4, 0.5) is 10.5 Å². The van der Waals surface area contributed by atoms with Crippen LogP contribution in [-0.4, -0.2) is 17.1 Å². The minimum Gasteiger partial charge on any atom is -0.465 e. The average molecular weight is 298 g/mol. The maximum absolute atomic E-state index is 12.4. The Kier molecular flexibility index (Phi) is 4.78. The van der Waals surface area contributed by atoms with E-state index >= 15 is 0 Å². The first-order valence-electron chi connectivity index (χ1n) is 6.89. The fourth-order valence-electron chi connectivity index (χ4n) is 2.33. The lowest BCUT2D eigenvalue weighted by molar-refractivity contribution is -0.118. The van der Waals surface area contributed by atoms with Crippen LogP contribution in [0.5, 0.6) is 0 Å². The van der Waals surface area contributed by atoms with E-state index in [1.54, 1.807) is 24.3 Å². The molecule has 0 aliphatic rings. The van der Waals surface area contributed by atoms with Crippen LogP contribution < -0.4 is 10.6 Å². The molecule has 1 unspecified atom stereocenters. The predicted molar refractivity (Wildman–Crippen MR) is 84.9 cm³/mol. The predicted octanol–water partition coefficient (Wildman–Crippen LogP) is 3.25. The Balaban J connectivity index is 2.24. The van der Waals surface area contributed by atoms with Crippen molar-refractivity contribution in [2.24, 2.45) is 0 Å². The van der Waals surface area contributed by atoms with Gasteiger partial charge in [-0.25, -0.2) is 4.79 Å². The van der Waals surface area contributed by atoms with Crippen LogP contribution in [0, 0.1) is 13.8 Å². The molecule has 1 atom stereocenters. The number of anilines is 1. The molecule has 2 aromatic rings. The first kappa shape index (κ1) is 15.6. The number of hydrogen-bond donors (Lipinski definition) is 3. The van der Waals surface area contributed by atoms with Gasteiger partial charge in [0.05, 0.1) is 0 Å². The summed E-state index contributed by atoms with van der Waals surface area (Å²) in [5, 5.41) is 14.0. The molecule has 0 radical (unpaired) electrons. The molecule has 2 rings (SSSR count). The lowest BCUT2D eigenvalue weighted by Gasteiger charge is -2.17. The van der Waals surface area contributed by atoms with E-state index < -0.39 is 18.0 Å². The number of amides is 2. The van der Waals surface area contributed by atoms with Crippen LogP contribution in [-0.2, 0) is 4.79 Å². The van der Waals surface area contributed by atoms with Gasteiger partial charge in [-0.3, -0.25) is 4.79 Å². The van der Waals surface area contributed by atoms with Gasteiger partial charge in [-0.05, 0) is 42.7 Å². The van der Waals surface area contributed by atoms with E-state index in [1.807, 2.05) is 38.1 Å². The van der Waals surface area contributed by atoms with Gasteiger partial charge in [0, 0.05) is 5.69 Å². The summed E-state index contributed by atoms with van der Waals surface area (Å²) in [6.07, 6.45) is -1.25. The van der Waals surface area contributed by atoms with Crippen molar-refractivity contribution in [2.75, 3.05) is 5.32 Å². The van der Waals surface area contributed by atoms with Gasteiger partial charge in [0.25, 0.3) is 5.91 Å². The molecular weight excluding hydrogens is 280 g/mol. The maximum atomic E-state index is 12.4. The molecule has 0 bridgehead atoms. The Hall–Kier alpha value is -2.82. The zero-order valence-electron chi connectivity index (χ0n) is 12.5. The summed E-state index contributed by atoms with van der Waals surface area (Å²) < 4.78 is 0. The summed E-state index contributed by atoms with van der Waals surface area (Å²) >= 11 is 0. The molecule has 0 saturated carbocycles. The Bertz CT molecular complexity index is 663. The largest absolute Gasteiger partial charge is 0.465 e. The topological polar surface area (TPSA) is 78.4 Å². The maximum Gasteiger partial charge on any atom is 0.405 e. The second-order valence-electron chi connectivity index (χ2n) is 5.16. The van der Waals surface area contributed by atoms with E-state index in [4.69, 9.17) is 5.11 Å². The van der Waals surface area contributed by atoms with Gasteiger partial charge in [-0.2, -0.15) is 0 Å². The Labute approximate surface area is 129 Å². The van der Waals surface area contributed by atoms with E-state index in [0.29, 0.717) is 11.3 Å². The van der Waals surface area contributed by atoms with Gasteiger partial charge >= 0.3 is 6.09 Å². The summed E-state index contributed by atoms with van der Waals surface area (Å²) in [4.78, 5) is 23.4. The third-order valence-corrected chi connectivity index (χ3v) is 3.15. The number of carbonyl (C=O) groups is 2. The molecule has 2 aromatic carbocycles. The van der Waals surface area contributed by atoms with Gasteiger partial charge in [0.1, 0.15) is 6.04 Å². The highest BCUT2D eigenvalue weighted by atomic mass is 16.4. The van der Waals surface area contributed by atoms with Crippen molar-refractivity contribution >= 4 is 17.7 Å². The highest BCUT2D eigenvalue weighted by Crippen LogP contribution is 2.18. The zero-order chi connectivity index (χ0) is 16.1. The normalized spacial score (nSPS) is 11.5. The monoisotopic (exact) mass is 298 g/mol. The zero-order valence-corrected chi connectivity index (χ0v) is 12.5. The molecule has 0 spiro atoms. The number of hydrogen-bond acceptors (Lipinski definition) is 2. The average Bonchev–Trinajstić information content (AvgIpc) is 2.44. The number of carboxylic acid groups (broad SMARTS) is 1. The number of rotatable bonds is 4. The lowest BCUT2D eigenvalue weighted by atomic mass is 10.1. The molecule has 0 fully saturated rings. The highest BCUT2D eigenvalue weighted by Gasteiger charge is 2.22. The van der Waals surface area contributed by atoms with Crippen LogP contribution in [0.1, 0.15) is 22.7 Å². The minimum absolute atomic E-state index is 0.418. The molecule has 22 heavy (non-hydrogen) atoms. The Morgan fingerprint density at radius 3 is 2.14 bits per heavy atom. The number of nitrogens with one attached hydrogen (secondary N) is 2. The summed E-state index contributed by atoms with van der Waals surface area (Å²) in [5.74, 6) is -0.418. The smallest absolute Gasteiger partial charge is 0.405 e. The van der Waals surface area contributed by atoms with Gasteiger partial charge < -0.3 is 15.7 Å². The van der Waals surface area contributed by atoms with Crippen molar-refractivity contribution in [3.05, 3.63) is 65.2 Å². The second kappa shape index (κ2) is 6.76. The molecule has 0 saturated heterocycles. The minimum atomic E-state index is -1.25. The van der Waals surface area contributed by atoms with Crippen molar-refractivity contribution < 1.29 is 14.7 Å². The van der Waals surface area contributed by atoms with Gasteiger partial charge in [0.2, 0.25) is 0 Å². The van der Waals surface area contributed by atoms with Gasteiger partial charge in [-0.15, -0.1) is 0 Å². The van der Waals surface area contributed by atoms with E-state index in [2.05, 4.69) is 10.6 Å². The standard InChI is InChI=1S/C17H18N2O3/c1-11-8-12(2)10-14(9-11)18-16(20)15(19-17(21)22)13-6-4-3-5-7-13/h3-10,15,19H,1-2H3,(H,18,20)(H,21,22). The summed E-state index contributed by atoms with van der Waals surface area (Å²) in [6.45, 7) is 3.87. The molecular formula is C17H18N2O3. The highest BCUT2D eigenvalue weighted by molar-refractivity contribution is 5.97. The van der Waals surface area contributed by atoms with Crippen LogP contribution in [0.15, 0.2) is 48.5 Å². The van der Waals surface area contributed by atoms with Crippen LogP contribution in [0.2, 0.25) is 0 Å². The van der Waals surface area contributed by atoms with Gasteiger partial charge in [-0.1, -0.05) is 36.4 Å². The third kappa shape index (κ3) is 4.09. The molecule has 0 aliphatic carbocycles. The van der Waals surface area contributed by atoms with Crippen LogP contribution in [0.3, 0.4) is 0 Å². The van der Waals surface area contributed by atoms with E-state index in [0.717, 1.165) is 11.1 Å². The third-order valence-electron chi connectivity index (χ3n) is 3.15. The van der Waals surface area contributed by atoms with Crippen molar-refractivity contribution in [1.82, 2.24) is 5.32 Å². The van der Waals surface area contributed by atoms with Crippen LogP contribution >= 0.6 is 0 Å². The molecule has 114 valence electrons. The summed E-state index contributed by atoms with van der Waals surface area (Å²) in [6, 6.07) is 13.5. The molecule has 3 N–H and O–H groups in total. The molecule has 5 nitrogen and oxygen atoms in total. The van der Waals surface area contributed by atoms with Crippen molar-refractivity contribution in [2.45, 2.75) is 19.9 Å². The van der Waals surface area contributed by atoms with E-state index in [9.17, 15) is 9.59 Å². The number of benzene rings is 2. The molecule has 5 heteroatoms. The number of aryl methyl sites for hydroxylation is 2. The SMILES string of the molecule is Cc1cc(C)cc(NC(=O)C(NC(=O)O)c2ccccc2)c1. The molecule has 2 amide bonds. The summed E-state index contributed by atoms with van der Waals surface area (Å²) in [7, 11) is 0. The Morgan fingerprint density at radius 2 is 1.59 bits per heavy atom. The van der Waals surface area contributed by atoms with Crippen LogP contribution in [0.25, 0.3) is 0 Å². The first-order valence-corrected chi connectivity index (χ1v) is 6.89. The van der Waals surface area contributed by atoms with Gasteiger partial charge in [0.15, 0.2) is 0 Å². The lowest BCUT2D eigenvalue weighted by Crippen LogP contribution is -2.36. The van der Waals surface area contributed by atoms with Crippen molar-refractivity contribution in [3.63, 3.8) is 0 Å². The first-order chi connectivity index (χ1) is 10.5. The summed E-state index contributed by atoms with van der Waals surface area (Å²) in [5.41, 5.74) is 3.29. The quantitative estimate of drug-likeness (QED) is 0.810. The second-order valence-corrected chi connectivity index (χ2v) is 5.16. The number of carbonyl (C=O) groups excluding carboxylic acids is 1. The van der Waals surface area contributed by atoms with Crippen molar-refractivity contribution in [3.8, 4) is 0 Å². The van der Waals surface area contributed by atoms with E-state index in [-0.39, 0.29) is 0 Å². The molecule has 0 heterocycles. The molecule has 0 aromatic heterocycles. The van der Waals surface area contributed by atoms with Crippen molar-refractivity contribution in [1.29, 1.82) is 0 Å². The van der Waals surface area contributed by atoms with E-state index in [1.165, 1.54) is 0 Å². The fourth-order valence-corrected chi connectivity index (χ4v) is 2.33. The Morgan fingerprint density at radius 1 is 1.00 bits per heavy atom.